The lowest BCUT2D eigenvalue weighted by atomic mass is 10.0. The summed E-state index contributed by atoms with van der Waals surface area (Å²) in [5.41, 5.74) is 0.632. The van der Waals surface area contributed by atoms with Crippen molar-refractivity contribution in [1.82, 2.24) is 10.2 Å². The molecule has 4 aromatic carbocycles. The van der Waals surface area contributed by atoms with E-state index >= 15 is 0 Å². The average Bonchev–Trinajstić information content (AvgIpc) is 3.06. The minimum absolute atomic E-state index is 0.0466. The van der Waals surface area contributed by atoms with Gasteiger partial charge in [0.2, 0.25) is 11.8 Å². The van der Waals surface area contributed by atoms with Crippen molar-refractivity contribution in [2.24, 2.45) is 0 Å². The molecule has 0 saturated carbocycles. The average molecular weight is 713 g/mol. The van der Waals surface area contributed by atoms with Gasteiger partial charge in [-0.15, -0.1) is 0 Å². The first-order valence-corrected chi connectivity index (χ1v) is 17.3. The first kappa shape index (κ1) is 36.6. The molecular formula is C36H39Cl2N3O6S. The van der Waals surface area contributed by atoms with Crippen LogP contribution in [0.25, 0.3) is 0 Å². The number of carbonyl (C=O) groups excluding carboxylic acids is 2. The van der Waals surface area contributed by atoms with E-state index in [0.717, 1.165) is 9.87 Å². The molecule has 0 aliphatic heterocycles. The molecule has 4 aromatic rings. The Bertz CT molecular complexity index is 1810. The van der Waals surface area contributed by atoms with Gasteiger partial charge in [-0.1, -0.05) is 77.8 Å². The van der Waals surface area contributed by atoms with Gasteiger partial charge in [-0.05, 0) is 62.7 Å². The van der Waals surface area contributed by atoms with Crippen LogP contribution in [0, 0.1) is 0 Å². The van der Waals surface area contributed by atoms with E-state index in [2.05, 4.69) is 5.32 Å². The zero-order valence-electron chi connectivity index (χ0n) is 27.4. The number of amides is 2. The van der Waals surface area contributed by atoms with Crippen molar-refractivity contribution in [3.8, 4) is 11.5 Å². The number of nitrogens with zero attached hydrogens (tertiary/aromatic N) is 2. The van der Waals surface area contributed by atoms with Crippen LogP contribution in [0.2, 0.25) is 10.0 Å². The maximum atomic E-state index is 14.8. The van der Waals surface area contributed by atoms with Crippen molar-refractivity contribution in [2.45, 2.75) is 50.2 Å². The van der Waals surface area contributed by atoms with E-state index in [1.165, 1.54) is 37.3 Å². The van der Waals surface area contributed by atoms with Crippen molar-refractivity contribution >= 4 is 50.7 Å². The number of methoxy groups -OCH3 is 2. The maximum absolute atomic E-state index is 14.8. The number of sulfonamides is 1. The lowest BCUT2D eigenvalue weighted by Gasteiger charge is -2.35. The Hall–Kier alpha value is -4.25. The second-order valence-corrected chi connectivity index (χ2v) is 14.7. The van der Waals surface area contributed by atoms with Crippen molar-refractivity contribution < 1.29 is 27.5 Å². The van der Waals surface area contributed by atoms with E-state index < -0.39 is 40.0 Å². The third-order valence-electron chi connectivity index (χ3n) is 7.42. The highest BCUT2D eigenvalue weighted by Gasteiger charge is 2.37. The van der Waals surface area contributed by atoms with E-state index in [1.807, 2.05) is 51.1 Å². The summed E-state index contributed by atoms with van der Waals surface area (Å²) in [5, 5.41) is 3.58. The second-order valence-electron chi connectivity index (χ2n) is 12.0. The molecule has 0 radical (unpaired) electrons. The van der Waals surface area contributed by atoms with Gasteiger partial charge in [-0.25, -0.2) is 8.42 Å². The normalized spacial score (nSPS) is 12.1. The van der Waals surface area contributed by atoms with Gasteiger partial charge in [0.05, 0.1) is 24.8 Å². The first-order valence-electron chi connectivity index (χ1n) is 15.1. The number of nitrogens with one attached hydrogen (secondary N) is 1. The van der Waals surface area contributed by atoms with Crippen LogP contribution in [0.15, 0.2) is 102 Å². The molecular weight excluding hydrogens is 673 g/mol. The van der Waals surface area contributed by atoms with E-state index in [1.54, 1.807) is 48.5 Å². The van der Waals surface area contributed by atoms with Crippen molar-refractivity contribution in [3.63, 3.8) is 0 Å². The summed E-state index contributed by atoms with van der Waals surface area (Å²) in [6, 6.07) is 25.5. The largest absolute Gasteiger partial charge is 0.497 e. The SMILES string of the molecule is COc1ccc(OC)c(N(CC(=O)N(Cc2c(Cl)cccc2Cl)C(Cc2ccccc2)C(=O)NC(C)(C)C)S(=O)(=O)c2ccccc2)c1. The lowest BCUT2D eigenvalue weighted by molar-refractivity contribution is -0.140. The fourth-order valence-electron chi connectivity index (χ4n) is 5.09. The Morgan fingerprint density at radius 1 is 0.833 bits per heavy atom. The number of hydrogen-bond donors (Lipinski definition) is 1. The molecule has 0 bridgehead atoms. The topological polar surface area (TPSA) is 105 Å². The molecule has 12 heteroatoms. The summed E-state index contributed by atoms with van der Waals surface area (Å²) in [4.78, 5) is 30.1. The standard InChI is InChI=1S/C36H39Cl2N3O6S/c1-36(2,3)39-35(43)32(21-25-13-8-6-9-14-25)40(23-28-29(37)17-12-18-30(28)38)34(42)24-41(48(44,45)27-15-10-7-11-16-27)31-22-26(46-4)19-20-33(31)47-5/h6-20,22,32H,21,23-24H2,1-5H3,(H,39,43). The first-order chi connectivity index (χ1) is 22.7. The number of halogens is 2. The van der Waals surface area contributed by atoms with E-state index in [-0.39, 0.29) is 29.3 Å². The van der Waals surface area contributed by atoms with Gasteiger partial charge in [-0.2, -0.15) is 0 Å². The van der Waals surface area contributed by atoms with Crippen LogP contribution >= 0.6 is 23.2 Å². The van der Waals surface area contributed by atoms with Gasteiger partial charge in [0, 0.05) is 40.2 Å². The molecule has 1 unspecified atom stereocenters. The fraction of sp³-hybridized carbons (Fsp3) is 0.278. The van der Waals surface area contributed by atoms with Gasteiger partial charge < -0.3 is 19.7 Å². The van der Waals surface area contributed by atoms with Gasteiger partial charge in [-0.3, -0.25) is 13.9 Å². The van der Waals surface area contributed by atoms with Crippen LogP contribution < -0.4 is 19.1 Å². The Morgan fingerprint density at radius 3 is 2.00 bits per heavy atom. The zero-order chi connectivity index (χ0) is 35.1. The van der Waals surface area contributed by atoms with Gasteiger partial charge in [0.25, 0.3) is 10.0 Å². The highest BCUT2D eigenvalue weighted by molar-refractivity contribution is 7.92. The van der Waals surface area contributed by atoms with Crippen molar-refractivity contribution in [3.05, 3.63) is 118 Å². The van der Waals surface area contributed by atoms with Crippen LogP contribution in [-0.2, 0) is 32.6 Å². The van der Waals surface area contributed by atoms with E-state index in [0.29, 0.717) is 21.4 Å². The molecule has 0 saturated heterocycles. The molecule has 254 valence electrons. The summed E-state index contributed by atoms with van der Waals surface area (Å²) >= 11 is 13.2. The van der Waals surface area contributed by atoms with Gasteiger partial charge in [0.15, 0.2) is 0 Å². The van der Waals surface area contributed by atoms with Crippen molar-refractivity contribution in [2.75, 3.05) is 25.1 Å². The van der Waals surface area contributed by atoms with E-state index in [4.69, 9.17) is 32.7 Å². The Morgan fingerprint density at radius 2 is 1.44 bits per heavy atom. The van der Waals surface area contributed by atoms with Gasteiger partial charge >= 0.3 is 0 Å². The number of benzene rings is 4. The molecule has 1 atom stereocenters. The smallest absolute Gasteiger partial charge is 0.264 e. The molecule has 0 aromatic heterocycles. The maximum Gasteiger partial charge on any atom is 0.264 e. The molecule has 48 heavy (non-hydrogen) atoms. The highest BCUT2D eigenvalue weighted by atomic mass is 35.5. The van der Waals surface area contributed by atoms with Crippen LogP contribution in [0.5, 0.6) is 11.5 Å². The molecule has 1 N–H and O–H groups in total. The summed E-state index contributed by atoms with van der Waals surface area (Å²) < 4.78 is 40.6. The quantitative estimate of drug-likeness (QED) is 0.164. The fourth-order valence-corrected chi connectivity index (χ4v) is 7.04. The number of hydrogen-bond acceptors (Lipinski definition) is 6. The Kier molecular flexibility index (Phi) is 12.0. The molecule has 0 aliphatic rings. The molecule has 4 rings (SSSR count). The Balaban J connectivity index is 1.91. The van der Waals surface area contributed by atoms with Crippen molar-refractivity contribution in [1.29, 1.82) is 0 Å². The predicted molar refractivity (Wildman–Crippen MR) is 189 cm³/mol. The van der Waals surface area contributed by atoms with Crippen LogP contribution in [-0.4, -0.2) is 57.5 Å². The molecule has 0 aliphatic carbocycles. The minimum Gasteiger partial charge on any atom is -0.497 e. The number of carbonyl (C=O) groups is 2. The van der Waals surface area contributed by atoms with Crippen LogP contribution in [0.3, 0.4) is 0 Å². The second kappa shape index (κ2) is 15.8. The third-order valence-corrected chi connectivity index (χ3v) is 9.91. The Labute approximate surface area is 292 Å². The monoisotopic (exact) mass is 711 g/mol. The summed E-state index contributed by atoms with van der Waals surface area (Å²) in [6.45, 7) is 4.64. The molecule has 0 spiro atoms. The molecule has 0 fully saturated rings. The number of ether oxygens (including phenoxy) is 2. The molecule has 0 heterocycles. The minimum atomic E-state index is -4.37. The number of anilines is 1. The number of rotatable bonds is 13. The summed E-state index contributed by atoms with van der Waals surface area (Å²) in [5.74, 6) is -0.576. The van der Waals surface area contributed by atoms with Gasteiger partial charge in [0.1, 0.15) is 24.1 Å². The summed E-state index contributed by atoms with van der Waals surface area (Å²) in [6.07, 6.45) is 0.129. The predicted octanol–water partition coefficient (Wildman–Crippen LogP) is 6.76. The van der Waals surface area contributed by atoms with Crippen LogP contribution in [0.1, 0.15) is 31.9 Å². The lowest BCUT2D eigenvalue weighted by Crippen LogP contribution is -2.56. The molecule has 2 amide bonds. The molecule has 9 nitrogen and oxygen atoms in total. The third kappa shape index (κ3) is 9.00. The highest BCUT2D eigenvalue weighted by Crippen LogP contribution is 2.36. The van der Waals surface area contributed by atoms with Crippen LogP contribution in [0.4, 0.5) is 5.69 Å². The zero-order valence-corrected chi connectivity index (χ0v) is 29.8. The van der Waals surface area contributed by atoms with E-state index in [9.17, 15) is 18.0 Å². The summed E-state index contributed by atoms with van der Waals surface area (Å²) in [7, 11) is -1.52.